The third-order valence-corrected chi connectivity index (χ3v) is 4.93. The Morgan fingerprint density at radius 2 is 2.09 bits per heavy atom. The van der Waals surface area contributed by atoms with Gasteiger partial charge in [-0.3, -0.25) is 0 Å². The first kappa shape index (κ1) is 14.1. The van der Waals surface area contributed by atoms with Gasteiger partial charge in [-0.2, -0.15) is 0 Å². The molecule has 1 aliphatic carbocycles. The summed E-state index contributed by atoms with van der Waals surface area (Å²) in [5.41, 5.74) is 1.80. The summed E-state index contributed by atoms with van der Waals surface area (Å²) in [5, 5.41) is 3.25. The maximum absolute atomic E-state index is 6.23. The summed E-state index contributed by atoms with van der Waals surface area (Å²) in [5.74, 6) is 0.867. The highest BCUT2D eigenvalue weighted by molar-refractivity contribution is 7.07. The largest absolute Gasteiger partial charge is 0.463 e. The van der Waals surface area contributed by atoms with E-state index >= 15 is 0 Å². The number of hydrogen-bond donors (Lipinski definition) is 0. The Labute approximate surface area is 141 Å². The normalized spacial score (nSPS) is 15.5. The van der Waals surface area contributed by atoms with Crippen LogP contribution >= 0.6 is 34.5 Å². The van der Waals surface area contributed by atoms with E-state index in [4.69, 9.17) is 32.6 Å². The Balaban J connectivity index is 1.87. The highest BCUT2D eigenvalue weighted by Gasteiger charge is 2.28. The molecule has 0 unspecified atom stereocenters. The van der Waals surface area contributed by atoms with Gasteiger partial charge in [-0.25, -0.2) is 4.99 Å². The van der Waals surface area contributed by atoms with Crippen molar-refractivity contribution in [3.8, 4) is 11.5 Å². The zero-order valence-corrected chi connectivity index (χ0v) is 13.8. The minimum absolute atomic E-state index is 0.496. The molecule has 0 aliphatic heterocycles. The second kappa shape index (κ2) is 5.61. The Kier molecular flexibility index (Phi) is 3.60. The van der Waals surface area contributed by atoms with Gasteiger partial charge in [-0.05, 0) is 43.2 Å². The molecule has 6 heteroatoms. The third kappa shape index (κ3) is 2.62. The number of furan rings is 1. The summed E-state index contributed by atoms with van der Waals surface area (Å²) >= 11 is 13.8. The van der Waals surface area contributed by atoms with Crippen molar-refractivity contribution in [2.75, 3.05) is 0 Å². The number of hydrogen-bond acceptors (Lipinski definition) is 3. The molecule has 1 aromatic carbocycles. The molecule has 2 heterocycles. The second-order valence-corrected chi connectivity index (χ2v) is 6.87. The zero-order chi connectivity index (χ0) is 15.1. The SMILES string of the molecule is Clc1ccc(N=c2scc(-c3ccco3)n2C2CC2)c(Cl)c1. The van der Waals surface area contributed by atoms with Gasteiger partial charge >= 0.3 is 0 Å². The first-order valence-corrected chi connectivity index (χ1v) is 8.59. The molecule has 112 valence electrons. The molecule has 0 bridgehead atoms. The molecule has 0 amide bonds. The van der Waals surface area contributed by atoms with E-state index in [0.717, 1.165) is 21.9 Å². The number of thiazole rings is 1. The van der Waals surface area contributed by atoms with Crippen molar-refractivity contribution in [2.45, 2.75) is 18.9 Å². The smallest absolute Gasteiger partial charge is 0.190 e. The second-order valence-electron chi connectivity index (χ2n) is 5.19. The molecule has 3 nitrogen and oxygen atoms in total. The van der Waals surface area contributed by atoms with Gasteiger partial charge < -0.3 is 8.98 Å². The van der Waals surface area contributed by atoms with Crippen LogP contribution in [0.5, 0.6) is 0 Å². The lowest BCUT2D eigenvalue weighted by Crippen LogP contribution is -2.14. The van der Waals surface area contributed by atoms with Crippen molar-refractivity contribution >= 4 is 40.2 Å². The molecule has 0 N–H and O–H groups in total. The van der Waals surface area contributed by atoms with Crippen LogP contribution in [0, 0.1) is 0 Å². The number of halogens is 2. The van der Waals surface area contributed by atoms with E-state index in [0.29, 0.717) is 16.1 Å². The van der Waals surface area contributed by atoms with Gasteiger partial charge in [0, 0.05) is 16.4 Å². The van der Waals surface area contributed by atoms with Gasteiger partial charge in [0.15, 0.2) is 10.6 Å². The molecule has 0 radical (unpaired) electrons. The Bertz CT molecular complexity index is 876. The average Bonchev–Trinajstić information content (AvgIpc) is 3.02. The maximum Gasteiger partial charge on any atom is 0.190 e. The Hall–Kier alpha value is -1.49. The predicted molar refractivity (Wildman–Crippen MR) is 90.0 cm³/mol. The van der Waals surface area contributed by atoms with Gasteiger partial charge in [0.25, 0.3) is 0 Å². The van der Waals surface area contributed by atoms with Gasteiger partial charge in [0.2, 0.25) is 0 Å². The fourth-order valence-electron chi connectivity index (χ4n) is 2.37. The molecule has 1 fully saturated rings. The van der Waals surface area contributed by atoms with Gasteiger partial charge in [-0.15, -0.1) is 11.3 Å². The van der Waals surface area contributed by atoms with Crippen molar-refractivity contribution < 1.29 is 4.42 Å². The van der Waals surface area contributed by atoms with Crippen LogP contribution in [0.1, 0.15) is 18.9 Å². The van der Waals surface area contributed by atoms with Crippen molar-refractivity contribution in [1.82, 2.24) is 4.57 Å². The lowest BCUT2D eigenvalue weighted by molar-refractivity contribution is 0.570. The van der Waals surface area contributed by atoms with Gasteiger partial charge in [0.05, 0.1) is 22.7 Å². The molecule has 4 rings (SSSR count). The topological polar surface area (TPSA) is 30.4 Å². The van der Waals surface area contributed by atoms with E-state index in [1.807, 2.05) is 18.2 Å². The van der Waals surface area contributed by atoms with E-state index in [1.54, 1.807) is 29.7 Å². The first-order valence-electron chi connectivity index (χ1n) is 6.96. The monoisotopic (exact) mass is 350 g/mol. The summed E-state index contributed by atoms with van der Waals surface area (Å²) in [6, 6.07) is 9.72. The van der Waals surface area contributed by atoms with Crippen LogP contribution in [-0.2, 0) is 0 Å². The molecule has 1 aliphatic rings. The summed E-state index contributed by atoms with van der Waals surface area (Å²) < 4.78 is 7.79. The molecule has 0 spiro atoms. The number of aromatic nitrogens is 1. The summed E-state index contributed by atoms with van der Waals surface area (Å²) in [6.45, 7) is 0. The molecule has 1 saturated carbocycles. The predicted octanol–water partition coefficient (Wildman–Crippen LogP) is 5.68. The van der Waals surface area contributed by atoms with E-state index in [9.17, 15) is 0 Å². The van der Waals surface area contributed by atoms with Crippen molar-refractivity contribution in [3.63, 3.8) is 0 Å². The van der Waals surface area contributed by atoms with Crippen molar-refractivity contribution in [1.29, 1.82) is 0 Å². The van der Waals surface area contributed by atoms with Gasteiger partial charge in [0.1, 0.15) is 0 Å². The van der Waals surface area contributed by atoms with Crippen LogP contribution < -0.4 is 4.80 Å². The maximum atomic E-state index is 6.23. The standard InChI is InChI=1S/C16H12Cl2N2OS/c17-10-3-6-13(12(18)8-10)19-16-20(11-4-5-11)14(9-22-16)15-2-1-7-21-15/h1-3,6-9,11H,4-5H2. The van der Waals surface area contributed by atoms with Crippen LogP contribution in [0.4, 0.5) is 5.69 Å². The first-order chi connectivity index (χ1) is 10.7. The fourth-order valence-corrected chi connectivity index (χ4v) is 3.78. The molecule has 3 aromatic rings. The van der Waals surface area contributed by atoms with E-state index in [-0.39, 0.29) is 0 Å². The van der Waals surface area contributed by atoms with E-state index in [2.05, 4.69) is 9.95 Å². The quantitative estimate of drug-likeness (QED) is 0.597. The highest BCUT2D eigenvalue weighted by atomic mass is 35.5. The molecular formula is C16H12Cl2N2OS. The zero-order valence-electron chi connectivity index (χ0n) is 11.5. The number of rotatable bonds is 3. The van der Waals surface area contributed by atoms with Crippen LogP contribution in [0.3, 0.4) is 0 Å². The number of nitrogens with zero attached hydrogens (tertiary/aromatic N) is 2. The Morgan fingerprint density at radius 3 is 2.77 bits per heavy atom. The molecule has 0 atom stereocenters. The molecule has 0 saturated heterocycles. The lowest BCUT2D eigenvalue weighted by Gasteiger charge is -2.05. The van der Waals surface area contributed by atoms with Crippen LogP contribution in [0.2, 0.25) is 10.0 Å². The van der Waals surface area contributed by atoms with Crippen LogP contribution in [0.15, 0.2) is 51.4 Å². The highest BCUT2D eigenvalue weighted by Crippen LogP contribution is 2.38. The van der Waals surface area contributed by atoms with E-state index in [1.165, 1.54) is 12.8 Å². The van der Waals surface area contributed by atoms with Crippen LogP contribution in [-0.4, -0.2) is 4.57 Å². The minimum atomic E-state index is 0.496. The molecule has 2 aromatic heterocycles. The van der Waals surface area contributed by atoms with Gasteiger partial charge in [-0.1, -0.05) is 23.2 Å². The average molecular weight is 351 g/mol. The minimum Gasteiger partial charge on any atom is -0.463 e. The third-order valence-electron chi connectivity index (χ3n) is 3.55. The van der Waals surface area contributed by atoms with E-state index < -0.39 is 0 Å². The van der Waals surface area contributed by atoms with Crippen molar-refractivity contribution in [3.05, 3.63) is 56.8 Å². The summed E-state index contributed by atoms with van der Waals surface area (Å²) in [4.78, 5) is 5.65. The number of benzene rings is 1. The Morgan fingerprint density at radius 1 is 1.23 bits per heavy atom. The summed E-state index contributed by atoms with van der Waals surface area (Å²) in [7, 11) is 0. The van der Waals surface area contributed by atoms with Crippen molar-refractivity contribution in [2.24, 2.45) is 4.99 Å². The molecular weight excluding hydrogens is 339 g/mol. The fraction of sp³-hybridized carbons (Fsp3) is 0.188. The van der Waals surface area contributed by atoms with Crippen LogP contribution in [0.25, 0.3) is 11.5 Å². The summed E-state index contributed by atoms with van der Waals surface area (Å²) in [6.07, 6.45) is 4.04. The lowest BCUT2D eigenvalue weighted by atomic mass is 10.3. The molecule has 22 heavy (non-hydrogen) atoms.